The van der Waals surface area contributed by atoms with Crippen molar-refractivity contribution in [2.45, 2.75) is 26.8 Å². The Morgan fingerprint density at radius 1 is 1.11 bits per heavy atom. The summed E-state index contributed by atoms with van der Waals surface area (Å²) in [4.78, 5) is 11.8. The number of urea groups is 1. The summed E-state index contributed by atoms with van der Waals surface area (Å²) in [7, 11) is 3.13. The molecule has 0 aliphatic heterocycles. The van der Waals surface area contributed by atoms with Crippen LogP contribution < -0.4 is 20.1 Å². The highest BCUT2D eigenvalue weighted by atomic mass is 16.5. The van der Waals surface area contributed by atoms with Crippen LogP contribution in [0.15, 0.2) is 18.2 Å². The molecular formula is C14H22N2O3. The molecule has 1 rings (SSSR count). The van der Waals surface area contributed by atoms with Crippen molar-refractivity contribution >= 4 is 11.7 Å². The van der Waals surface area contributed by atoms with Gasteiger partial charge < -0.3 is 20.1 Å². The minimum Gasteiger partial charge on any atom is -0.493 e. The number of methoxy groups -OCH3 is 2. The van der Waals surface area contributed by atoms with Gasteiger partial charge in [-0.3, -0.25) is 0 Å². The van der Waals surface area contributed by atoms with Crippen molar-refractivity contribution < 1.29 is 14.3 Å². The summed E-state index contributed by atoms with van der Waals surface area (Å²) < 4.78 is 10.3. The van der Waals surface area contributed by atoms with E-state index in [-0.39, 0.29) is 12.1 Å². The Hall–Kier alpha value is -1.91. The maximum absolute atomic E-state index is 11.8. The average Bonchev–Trinajstić information content (AvgIpc) is 2.38. The summed E-state index contributed by atoms with van der Waals surface area (Å²) in [6, 6.07) is 5.12. The summed E-state index contributed by atoms with van der Waals surface area (Å²) in [6.45, 7) is 6.08. The predicted octanol–water partition coefficient (Wildman–Crippen LogP) is 2.87. The molecule has 1 atom stereocenters. The second-order valence-electron chi connectivity index (χ2n) is 4.70. The van der Waals surface area contributed by atoms with Gasteiger partial charge in [0.1, 0.15) is 0 Å². The van der Waals surface area contributed by atoms with Crippen LogP contribution in [-0.4, -0.2) is 26.3 Å². The second kappa shape index (κ2) is 6.87. The van der Waals surface area contributed by atoms with Crippen LogP contribution in [0.25, 0.3) is 0 Å². The SMILES string of the molecule is COc1ccc(NC(=O)NC(C)C(C)C)cc1OC. The largest absolute Gasteiger partial charge is 0.493 e. The summed E-state index contributed by atoms with van der Waals surface area (Å²) in [6.07, 6.45) is 0. The number of anilines is 1. The third kappa shape index (κ3) is 4.35. The van der Waals surface area contributed by atoms with E-state index in [9.17, 15) is 4.79 Å². The fourth-order valence-electron chi connectivity index (χ4n) is 1.45. The van der Waals surface area contributed by atoms with Gasteiger partial charge in [0, 0.05) is 17.8 Å². The van der Waals surface area contributed by atoms with Crippen molar-refractivity contribution in [3.8, 4) is 11.5 Å². The van der Waals surface area contributed by atoms with Crippen LogP contribution in [0.5, 0.6) is 11.5 Å². The van der Waals surface area contributed by atoms with Crippen molar-refractivity contribution in [1.82, 2.24) is 5.32 Å². The lowest BCUT2D eigenvalue weighted by Gasteiger charge is -2.18. The smallest absolute Gasteiger partial charge is 0.319 e. The molecule has 0 saturated heterocycles. The number of carbonyl (C=O) groups excluding carboxylic acids is 1. The summed E-state index contributed by atoms with van der Waals surface area (Å²) in [5.41, 5.74) is 0.658. The second-order valence-corrected chi connectivity index (χ2v) is 4.70. The molecule has 0 spiro atoms. The van der Waals surface area contributed by atoms with E-state index in [1.54, 1.807) is 32.4 Å². The maximum atomic E-state index is 11.8. The minimum atomic E-state index is -0.228. The van der Waals surface area contributed by atoms with Crippen molar-refractivity contribution in [2.75, 3.05) is 19.5 Å². The Morgan fingerprint density at radius 3 is 2.26 bits per heavy atom. The molecule has 2 amide bonds. The monoisotopic (exact) mass is 266 g/mol. The lowest BCUT2D eigenvalue weighted by Crippen LogP contribution is -2.38. The highest BCUT2D eigenvalue weighted by Crippen LogP contribution is 2.29. The standard InChI is InChI=1S/C14H22N2O3/c1-9(2)10(3)15-14(17)16-11-6-7-12(18-4)13(8-11)19-5/h6-10H,1-5H3,(H2,15,16,17). The third-order valence-corrected chi connectivity index (χ3v) is 3.00. The maximum Gasteiger partial charge on any atom is 0.319 e. The Bertz CT molecular complexity index is 433. The number of rotatable bonds is 5. The Labute approximate surface area is 114 Å². The number of hydrogen-bond donors (Lipinski definition) is 2. The van der Waals surface area contributed by atoms with E-state index in [1.165, 1.54) is 0 Å². The molecule has 1 aromatic rings. The predicted molar refractivity (Wildman–Crippen MR) is 76.0 cm³/mol. The van der Waals surface area contributed by atoms with Crippen LogP contribution in [0.1, 0.15) is 20.8 Å². The van der Waals surface area contributed by atoms with Gasteiger partial charge in [-0.25, -0.2) is 4.79 Å². The lowest BCUT2D eigenvalue weighted by atomic mass is 10.1. The number of benzene rings is 1. The molecular weight excluding hydrogens is 244 g/mol. The van der Waals surface area contributed by atoms with Gasteiger partial charge in [-0.2, -0.15) is 0 Å². The Kier molecular flexibility index (Phi) is 5.48. The van der Waals surface area contributed by atoms with E-state index < -0.39 is 0 Å². The molecule has 1 unspecified atom stereocenters. The molecule has 0 bridgehead atoms. The third-order valence-electron chi connectivity index (χ3n) is 3.00. The Morgan fingerprint density at radius 2 is 1.74 bits per heavy atom. The van der Waals surface area contributed by atoms with Crippen LogP contribution >= 0.6 is 0 Å². The van der Waals surface area contributed by atoms with E-state index in [2.05, 4.69) is 24.5 Å². The van der Waals surface area contributed by atoms with E-state index in [0.29, 0.717) is 23.1 Å². The zero-order valence-corrected chi connectivity index (χ0v) is 12.1. The van der Waals surface area contributed by atoms with E-state index >= 15 is 0 Å². The number of amides is 2. The number of hydrogen-bond acceptors (Lipinski definition) is 3. The first-order valence-corrected chi connectivity index (χ1v) is 6.27. The average molecular weight is 266 g/mol. The van der Waals surface area contributed by atoms with E-state index in [1.807, 2.05) is 6.92 Å². The molecule has 0 radical (unpaired) electrons. The first-order valence-electron chi connectivity index (χ1n) is 6.27. The molecule has 0 aliphatic carbocycles. The van der Waals surface area contributed by atoms with Crippen molar-refractivity contribution in [3.05, 3.63) is 18.2 Å². The number of nitrogens with one attached hydrogen (secondary N) is 2. The van der Waals surface area contributed by atoms with E-state index in [0.717, 1.165) is 0 Å². The fraction of sp³-hybridized carbons (Fsp3) is 0.500. The number of ether oxygens (including phenoxy) is 2. The van der Waals surface area contributed by atoms with Gasteiger partial charge in [-0.1, -0.05) is 13.8 Å². The van der Waals surface area contributed by atoms with Gasteiger partial charge in [0.25, 0.3) is 0 Å². The first-order chi connectivity index (χ1) is 8.97. The van der Waals surface area contributed by atoms with Crippen molar-refractivity contribution in [1.29, 1.82) is 0 Å². The fourth-order valence-corrected chi connectivity index (χ4v) is 1.45. The number of carbonyl (C=O) groups is 1. The zero-order chi connectivity index (χ0) is 14.4. The van der Waals surface area contributed by atoms with Crippen molar-refractivity contribution in [2.24, 2.45) is 5.92 Å². The minimum absolute atomic E-state index is 0.111. The molecule has 1 aromatic carbocycles. The highest BCUT2D eigenvalue weighted by molar-refractivity contribution is 5.89. The molecule has 19 heavy (non-hydrogen) atoms. The quantitative estimate of drug-likeness (QED) is 0.861. The summed E-state index contributed by atoms with van der Waals surface area (Å²) in [5, 5.41) is 5.64. The molecule has 0 aliphatic rings. The molecule has 106 valence electrons. The van der Waals surface area contributed by atoms with Crippen LogP contribution in [0.3, 0.4) is 0 Å². The van der Waals surface area contributed by atoms with Gasteiger partial charge in [0.05, 0.1) is 14.2 Å². The molecule has 0 heterocycles. The normalized spacial score (nSPS) is 11.9. The molecule has 5 nitrogen and oxygen atoms in total. The van der Waals surface area contributed by atoms with Crippen LogP contribution in [0, 0.1) is 5.92 Å². The Balaban J connectivity index is 2.69. The van der Waals surface area contributed by atoms with Crippen molar-refractivity contribution in [3.63, 3.8) is 0 Å². The van der Waals surface area contributed by atoms with Gasteiger partial charge in [0.15, 0.2) is 11.5 Å². The molecule has 5 heteroatoms. The molecule has 0 fully saturated rings. The highest BCUT2D eigenvalue weighted by Gasteiger charge is 2.11. The van der Waals surface area contributed by atoms with Crippen LogP contribution in [0.4, 0.5) is 10.5 Å². The van der Waals surface area contributed by atoms with E-state index in [4.69, 9.17) is 9.47 Å². The molecule has 0 aromatic heterocycles. The summed E-state index contributed by atoms with van der Waals surface area (Å²) >= 11 is 0. The zero-order valence-electron chi connectivity index (χ0n) is 12.1. The van der Waals surface area contributed by atoms with Gasteiger partial charge in [-0.05, 0) is 25.0 Å². The summed E-state index contributed by atoms with van der Waals surface area (Å²) in [5.74, 6) is 1.59. The first kappa shape index (κ1) is 15.1. The lowest BCUT2D eigenvalue weighted by molar-refractivity contribution is 0.246. The topological polar surface area (TPSA) is 59.6 Å². The van der Waals surface area contributed by atoms with Crippen LogP contribution in [0.2, 0.25) is 0 Å². The van der Waals surface area contributed by atoms with Gasteiger partial charge >= 0.3 is 6.03 Å². The van der Waals surface area contributed by atoms with Gasteiger partial charge in [-0.15, -0.1) is 0 Å². The van der Waals surface area contributed by atoms with Crippen LogP contribution in [-0.2, 0) is 0 Å². The van der Waals surface area contributed by atoms with Gasteiger partial charge in [0.2, 0.25) is 0 Å². The molecule has 0 saturated carbocycles. The molecule has 2 N–H and O–H groups in total.